The van der Waals surface area contributed by atoms with Gasteiger partial charge in [0.25, 0.3) is 0 Å². The number of benzene rings is 1. The number of nitrogens with one attached hydrogen (secondary N) is 1. The van der Waals surface area contributed by atoms with Gasteiger partial charge in [0.05, 0.1) is 5.69 Å². The van der Waals surface area contributed by atoms with E-state index in [-0.39, 0.29) is 12.2 Å². The van der Waals surface area contributed by atoms with E-state index in [1.807, 2.05) is 0 Å². The molecule has 0 saturated heterocycles. The van der Waals surface area contributed by atoms with Crippen molar-refractivity contribution in [2.75, 3.05) is 11.9 Å². The maximum Gasteiger partial charge on any atom is 0.196 e. The van der Waals surface area contributed by atoms with Crippen molar-refractivity contribution in [1.29, 1.82) is 0 Å². The fourth-order valence-electron chi connectivity index (χ4n) is 0.854. The Balaban J connectivity index is 2.88. The predicted molar refractivity (Wildman–Crippen MR) is 52.9 cm³/mol. The van der Waals surface area contributed by atoms with Crippen LogP contribution in [0.5, 0.6) is 0 Å². The first-order valence-corrected chi connectivity index (χ1v) is 4.52. The normalized spacial score (nSPS) is 10.0. The molecule has 5 heteroatoms. The van der Waals surface area contributed by atoms with Crippen LogP contribution in [0.1, 0.15) is 0 Å². The molecule has 14 heavy (non-hydrogen) atoms. The molecule has 0 spiro atoms. The molecule has 76 valence electrons. The molecule has 0 aliphatic carbocycles. The zero-order valence-electron chi connectivity index (χ0n) is 7.08. The van der Waals surface area contributed by atoms with Gasteiger partial charge in [-0.15, -0.1) is 0 Å². The summed E-state index contributed by atoms with van der Waals surface area (Å²) in [4.78, 5) is 0. The summed E-state index contributed by atoms with van der Waals surface area (Å²) in [5.74, 6) is -3.90. The van der Waals surface area contributed by atoms with E-state index in [0.29, 0.717) is 4.48 Å². The van der Waals surface area contributed by atoms with E-state index in [2.05, 4.69) is 27.8 Å². The number of hydrogen-bond acceptors (Lipinski definition) is 1. The molecule has 0 fully saturated rings. The topological polar surface area (TPSA) is 12.0 Å². The Kier molecular flexibility index (Phi) is 3.57. The van der Waals surface area contributed by atoms with Crippen LogP contribution in [0.3, 0.4) is 0 Å². The molecule has 0 aromatic heterocycles. The van der Waals surface area contributed by atoms with E-state index in [9.17, 15) is 13.2 Å². The van der Waals surface area contributed by atoms with Crippen LogP contribution in [0.4, 0.5) is 18.9 Å². The van der Waals surface area contributed by atoms with Crippen molar-refractivity contribution in [2.24, 2.45) is 0 Å². The Morgan fingerprint density at radius 2 is 1.93 bits per heavy atom. The SMILES string of the molecule is C=C(Br)CNc1ccc(F)c(F)c1F. The minimum absolute atomic E-state index is 0.0931. The molecule has 0 radical (unpaired) electrons. The van der Waals surface area contributed by atoms with Gasteiger partial charge in [-0.3, -0.25) is 0 Å². The first-order valence-electron chi connectivity index (χ1n) is 3.73. The Morgan fingerprint density at radius 3 is 2.50 bits per heavy atom. The van der Waals surface area contributed by atoms with Crippen molar-refractivity contribution < 1.29 is 13.2 Å². The highest BCUT2D eigenvalue weighted by Crippen LogP contribution is 2.19. The van der Waals surface area contributed by atoms with Crippen molar-refractivity contribution in [3.8, 4) is 0 Å². The van der Waals surface area contributed by atoms with Gasteiger partial charge < -0.3 is 5.32 Å². The van der Waals surface area contributed by atoms with E-state index >= 15 is 0 Å². The van der Waals surface area contributed by atoms with Crippen LogP contribution in [0.25, 0.3) is 0 Å². The Labute approximate surface area is 87.8 Å². The molecule has 0 saturated carbocycles. The monoisotopic (exact) mass is 265 g/mol. The van der Waals surface area contributed by atoms with Crippen LogP contribution in [-0.2, 0) is 0 Å². The summed E-state index contributed by atoms with van der Waals surface area (Å²) in [5, 5.41) is 2.55. The van der Waals surface area contributed by atoms with Crippen molar-refractivity contribution in [2.45, 2.75) is 0 Å². The quantitative estimate of drug-likeness (QED) is 0.826. The number of halogens is 4. The molecule has 1 rings (SSSR count). The van der Waals surface area contributed by atoms with Crippen LogP contribution >= 0.6 is 15.9 Å². The lowest BCUT2D eigenvalue weighted by molar-refractivity contribution is 0.449. The summed E-state index contributed by atoms with van der Waals surface area (Å²) in [6.07, 6.45) is 0. The maximum atomic E-state index is 13.0. The molecular weight excluding hydrogens is 259 g/mol. The Hall–Kier alpha value is -0.970. The molecule has 0 heterocycles. The smallest absolute Gasteiger partial charge is 0.196 e. The zero-order valence-corrected chi connectivity index (χ0v) is 8.67. The first kappa shape index (κ1) is 11.1. The van der Waals surface area contributed by atoms with Gasteiger partial charge in [0, 0.05) is 11.0 Å². The van der Waals surface area contributed by atoms with E-state index in [1.165, 1.54) is 0 Å². The third-order valence-electron chi connectivity index (χ3n) is 1.51. The predicted octanol–water partition coefficient (Wildman–Crippen LogP) is 3.42. The summed E-state index contributed by atoms with van der Waals surface area (Å²) in [6, 6.07) is 1.99. The van der Waals surface area contributed by atoms with Gasteiger partial charge in [-0.05, 0) is 12.1 Å². The van der Waals surface area contributed by atoms with Crippen LogP contribution in [0.15, 0.2) is 23.2 Å². The summed E-state index contributed by atoms with van der Waals surface area (Å²) >= 11 is 3.04. The number of rotatable bonds is 3. The summed E-state index contributed by atoms with van der Waals surface area (Å²) < 4.78 is 38.8. The van der Waals surface area contributed by atoms with E-state index in [1.54, 1.807) is 0 Å². The molecule has 1 N–H and O–H groups in total. The fourth-order valence-corrected chi connectivity index (χ4v) is 0.994. The average molecular weight is 266 g/mol. The second-order valence-corrected chi connectivity index (χ2v) is 3.72. The molecular formula is C9H7BrF3N. The molecule has 0 aliphatic heterocycles. The first-order chi connectivity index (χ1) is 6.52. The lowest BCUT2D eigenvalue weighted by atomic mass is 10.3. The van der Waals surface area contributed by atoms with Crippen LogP contribution in [-0.4, -0.2) is 6.54 Å². The second-order valence-electron chi connectivity index (χ2n) is 2.59. The van der Waals surface area contributed by atoms with Gasteiger partial charge in [0.15, 0.2) is 17.5 Å². The van der Waals surface area contributed by atoms with Crippen LogP contribution in [0.2, 0.25) is 0 Å². The summed E-state index contributed by atoms with van der Waals surface area (Å²) in [6.45, 7) is 3.74. The van der Waals surface area contributed by atoms with E-state index in [4.69, 9.17) is 0 Å². The Morgan fingerprint density at radius 1 is 1.29 bits per heavy atom. The van der Waals surface area contributed by atoms with Crippen molar-refractivity contribution >= 4 is 21.6 Å². The highest BCUT2D eigenvalue weighted by Gasteiger charge is 2.12. The molecule has 1 aromatic rings. The van der Waals surface area contributed by atoms with Gasteiger partial charge in [-0.2, -0.15) is 0 Å². The van der Waals surface area contributed by atoms with Crippen molar-refractivity contribution in [1.82, 2.24) is 0 Å². The molecule has 1 nitrogen and oxygen atoms in total. The number of anilines is 1. The molecule has 1 aromatic carbocycles. The Bertz CT molecular complexity index is 365. The van der Waals surface area contributed by atoms with Gasteiger partial charge in [-0.25, -0.2) is 13.2 Å². The van der Waals surface area contributed by atoms with Gasteiger partial charge in [0.1, 0.15) is 0 Å². The summed E-state index contributed by atoms with van der Waals surface area (Å²) in [7, 11) is 0. The maximum absolute atomic E-state index is 13.0. The van der Waals surface area contributed by atoms with Crippen LogP contribution in [0, 0.1) is 17.5 Å². The fraction of sp³-hybridized carbons (Fsp3) is 0.111. The lowest BCUT2D eigenvalue weighted by Crippen LogP contribution is -2.04. The van der Waals surface area contributed by atoms with E-state index < -0.39 is 17.5 Å². The van der Waals surface area contributed by atoms with Crippen LogP contribution < -0.4 is 5.32 Å². The lowest BCUT2D eigenvalue weighted by Gasteiger charge is -2.06. The minimum Gasteiger partial charge on any atom is -0.378 e. The zero-order chi connectivity index (χ0) is 10.7. The second kappa shape index (κ2) is 4.50. The van der Waals surface area contributed by atoms with E-state index in [0.717, 1.165) is 12.1 Å². The van der Waals surface area contributed by atoms with Crippen molar-refractivity contribution in [3.05, 3.63) is 40.6 Å². The minimum atomic E-state index is -1.48. The standard InChI is InChI=1S/C9H7BrF3N/c1-5(10)4-14-7-3-2-6(11)8(12)9(7)13/h2-3,14H,1,4H2. The number of hydrogen-bond donors (Lipinski definition) is 1. The molecule has 0 amide bonds. The van der Waals surface area contributed by atoms with Crippen molar-refractivity contribution in [3.63, 3.8) is 0 Å². The average Bonchev–Trinajstić information content (AvgIpc) is 2.13. The molecule has 0 atom stereocenters. The van der Waals surface area contributed by atoms with Gasteiger partial charge >= 0.3 is 0 Å². The third kappa shape index (κ3) is 2.51. The molecule has 0 bridgehead atoms. The summed E-state index contributed by atoms with van der Waals surface area (Å²) in [5.41, 5.74) is -0.0931. The molecule has 0 unspecified atom stereocenters. The molecule has 0 aliphatic rings. The largest absolute Gasteiger partial charge is 0.378 e. The third-order valence-corrected chi connectivity index (χ3v) is 1.79. The van der Waals surface area contributed by atoms with Gasteiger partial charge in [0.2, 0.25) is 0 Å². The highest BCUT2D eigenvalue weighted by molar-refractivity contribution is 9.11. The van der Waals surface area contributed by atoms with Gasteiger partial charge in [-0.1, -0.05) is 22.5 Å². The highest BCUT2D eigenvalue weighted by atomic mass is 79.9.